The van der Waals surface area contributed by atoms with Crippen LogP contribution in [0.4, 0.5) is 0 Å². The number of carbonyl (C=O) groups is 1. The zero-order valence-corrected chi connectivity index (χ0v) is 10.5. The molecule has 0 N–H and O–H groups in total. The third-order valence-electron chi connectivity index (χ3n) is 6.60. The molecule has 3 aliphatic carbocycles. The van der Waals surface area contributed by atoms with Crippen LogP contribution in [0.1, 0.15) is 52.4 Å². The van der Waals surface area contributed by atoms with Gasteiger partial charge < -0.3 is 4.79 Å². The van der Waals surface area contributed by atoms with E-state index >= 15 is 0 Å². The normalized spacial score (nSPS) is 55.1. The highest BCUT2D eigenvalue weighted by molar-refractivity contribution is 5.66. The summed E-state index contributed by atoms with van der Waals surface area (Å²) in [6.07, 6.45) is 8.49. The highest BCUT2D eigenvalue weighted by atomic mass is 16.1. The zero-order valence-electron chi connectivity index (χ0n) is 10.5. The smallest absolute Gasteiger partial charge is 0.127 e. The fourth-order valence-corrected chi connectivity index (χ4v) is 5.29. The molecule has 0 aromatic heterocycles. The van der Waals surface area contributed by atoms with Gasteiger partial charge >= 0.3 is 0 Å². The zero-order chi connectivity index (χ0) is 11.6. The molecule has 3 rings (SSSR count). The van der Waals surface area contributed by atoms with Gasteiger partial charge in [0.05, 0.1) is 0 Å². The molecule has 0 aromatic rings. The molecule has 1 unspecified atom stereocenters. The standard InChI is InChI=1S/C15H22O/c1-11-5-8-13(2)9-12(11)15(10-16)7-4-6-14(13,15)3/h10,12H,1,4-9H2,2-3H3/t12?,13-,14-,15-/m1/s1. The Balaban J connectivity index is 2.20. The van der Waals surface area contributed by atoms with Gasteiger partial charge in [-0.3, -0.25) is 0 Å². The van der Waals surface area contributed by atoms with E-state index in [-0.39, 0.29) is 10.8 Å². The second kappa shape index (κ2) is 2.80. The maximum absolute atomic E-state index is 11.8. The molecule has 0 heterocycles. The molecule has 0 amide bonds. The van der Waals surface area contributed by atoms with Gasteiger partial charge in [-0.1, -0.05) is 32.4 Å². The van der Waals surface area contributed by atoms with Crippen LogP contribution in [0.25, 0.3) is 0 Å². The lowest BCUT2D eigenvalue weighted by atomic mass is 9.59. The first kappa shape index (κ1) is 10.6. The molecule has 4 atom stereocenters. The highest BCUT2D eigenvalue weighted by Crippen LogP contribution is 2.76. The summed E-state index contributed by atoms with van der Waals surface area (Å²) in [4.78, 5) is 11.8. The summed E-state index contributed by atoms with van der Waals surface area (Å²) in [7, 11) is 0. The van der Waals surface area contributed by atoms with Gasteiger partial charge in [0.15, 0.2) is 0 Å². The Labute approximate surface area is 98.3 Å². The average Bonchev–Trinajstić information content (AvgIpc) is 2.67. The van der Waals surface area contributed by atoms with Crippen LogP contribution in [0.3, 0.4) is 0 Å². The summed E-state index contributed by atoms with van der Waals surface area (Å²) in [6.45, 7) is 9.05. The first-order valence-electron chi connectivity index (χ1n) is 6.63. The number of allylic oxidation sites excluding steroid dienone is 1. The Morgan fingerprint density at radius 2 is 2.06 bits per heavy atom. The number of hydrogen-bond donors (Lipinski definition) is 0. The Bertz CT molecular complexity index is 372. The topological polar surface area (TPSA) is 17.1 Å². The van der Waals surface area contributed by atoms with E-state index in [1.807, 2.05) is 0 Å². The quantitative estimate of drug-likeness (QED) is 0.484. The van der Waals surface area contributed by atoms with Crippen molar-refractivity contribution in [1.82, 2.24) is 0 Å². The van der Waals surface area contributed by atoms with Crippen molar-refractivity contribution in [3.63, 3.8) is 0 Å². The van der Waals surface area contributed by atoms with E-state index in [1.165, 1.54) is 37.5 Å². The molecule has 0 saturated heterocycles. The van der Waals surface area contributed by atoms with Crippen molar-refractivity contribution in [2.75, 3.05) is 0 Å². The molecule has 1 nitrogen and oxygen atoms in total. The van der Waals surface area contributed by atoms with Crippen LogP contribution in [-0.2, 0) is 4.79 Å². The summed E-state index contributed by atoms with van der Waals surface area (Å²) < 4.78 is 0. The van der Waals surface area contributed by atoms with Gasteiger partial charge in [0.25, 0.3) is 0 Å². The molecule has 88 valence electrons. The Kier molecular flexibility index (Phi) is 1.85. The third-order valence-corrected chi connectivity index (χ3v) is 6.60. The Morgan fingerprint density at radius 1 is 1.31 bits per heavy atom. The number of aldehydes is 1. The van der Waals surface area contributed by atoms with E-state index < -0.39 is 0 Å². The van der Waals surface area contributed by atoms with Gasteiger partial charge in [-0.05, 0) is 48.9 Å². The predicted octanol–water partition coefficient (Wildman–Crippen LogP) is 3.74. The predicted molar refractivity (Wildman–Crippen MR) is 65.0 cm³/mol. The molecule has 3 fully saturated rings. The van der Waals surface area contributed by atoms with Crippen LogP contribution in [0.2, 0.25) is 0 Å². The fraction of sp³-hybridized carbons (Fsp3) is 0.800. The van der Waals surface area contributed by atoms with Gasteiger partial charge in [0.1, 0.15) is 6.29 Å². The minimum absolute atomic E-state index is 0.0602. The van der Waals surface area contributed by atoms with E-state index in [1.54, 1.807) is 0 Å². The second-order valence-electron chi connectivity index (χ2n) is 6.82. The third kappa shape index (κ3) is 0.846. The summed E-state index contributed by atoms with van der Waals surface area (Å²) in [5, 5.41) is 0. The van der Waals surface area contributed by atoms with E-state index in [0.29, 0.717) is 11.3 Å². The van der Waals surface area contributed by atoms with Crippen molar-refractivity contribution in [1.29, 1.82) is 0 Å². The average molecular weight is 218 g/mol. The highest BCUT2D eigenvalue weighted by Gasteiger charge is 2.70. The van der Waals surface area contributed by atoms with E-state index in [2.05, 4.69) is 20.4 Å². The lowest BCUT2D eigenvalue weighted by Crippen LogP contribution is -2.41. The van der Waals surface area contributed by atoms with Crippen molar-refractivity contribution in [3.8, 4) is 0 Å². The number of fused-ring (bicyclic) bond motifs is 5. The summed E-state index contributed by atoms with van der Waals surface area (Å²) >= 11 is 0. The second-order valence-corrected chi connectivity index (χ2v) is 6.82. The molecule has 16 heavy (non-hydrogen) atoms. The molecule has 0 radical (unpaired) electrons. The van der Waals surface area contributed by atoms with Crippen LogP contribution in [0.5, 0.6) is 0 Å². The lowest BCUT2D eigenvalue weighted by Gasteiger charge is -2.44. The molecule has 0 aliphatic heterocycles. The number of rotatable bonds is 1. The molecule has 3 saturated carbocycles. The number of carbonyl (C=O) groups excluding carboxylic acids is 1. The lowest BCUT2D eigenvalue weighted by molar-refractivity contribution is -0.123. The van der Waals surface area contributed by atoms with Gasteiger partial charge in [-0.2, -0.15) is 0 Å². The Hall–Kier alpha value is -0.590. The first-order chi connectivity index (χ1) is 7.49. The largest absolute Gasteiger partial charge is 0.303 e. The van der Waals surface area contributed by atoms with Crippen LogP contribution in [-0.4, -0.2) is 6.29 Å². The van der Waals surface area contributed by atoms with Crippen LogP contribution >= 0.6 is 0 Å². The molecule has 2 bridgehead atoms. The number of hydrogen-bond acceptors (Lipinski definition) is 1. The van der Waals surface area contributed by atoms with Gasteiger partial charge in [0.2, 0.25) is 0 Å². The molecular weight excluding hydrogens is 196 g/mol. The minimum atomic E-state index is -0.0602. The van der Waals surface area contributed by atoms with Crippen LogP contribution in [0.15, 0.2) is 12.2 Å². The molecular formula is C15H22O. The van der Waals surface area contributed by atoms with E-state index in [9.17, 15) is 4.79 Å². The van der Waals surface area contributed by atoms with Crippen molar-refractivity contribution in [2.45, 2.75) is 52.4 Å². The molecule has 3 aliphatic rings. The Morgan fingerprint density at radius 3 is 2.75 bits per heavy atom. The first-order valence-corrected chi connectivity index (χ1v) is 6.63. The van der Waals surface area contributed by atoms with E-state index in [4.69, 9.17) is 0 Å². The van der Waals surface area contributed by atoms with Crippen molar-refractivity contribution < 1.29 is 4.79 Å². The van der Waals surface area contributed by atoms with Gasteiger partial charge in [-0.25, -0.2) is 0 Å². The SMILES string of the molecule is C=C1CC[C@]2(C)CC1[C@]1(C=O)CCC[C@]21C. The monoisotopic (exact) mass is 218 g/mol. The van der Waals surface area contributed by atoms with Crippen LogP contribution in [0, 0.1) is 22.2 Å². The van der Waals surface area contributed by atoms with Crippen molar-refractivity contribution in [3.05, 3.63) is 12.2 Å². The summed E-state index contributed by atoms with van der Waals surface area (Å²) in [6, 6.07) is 0. The van der Waals surface area contributed by atoms with Gasteiger partial charge in [0, 0.05) is 5.41 Å². The maximum Gasteiger partial charge on any atom is 0.127 e. The van der Waals surface area contributed by atoms with Gasteiger partial charge in [-0.15, -0.1) is 0 Å². The molecule has 0 spiro atoms. The minimum Gasteiger partial charge on any atom is -0.303 e. The van der Waals surface area contributed by atoms with Crippen LogP contribution < -0.4 is 0 Å². The molecule has 0 aromatic carbocycles. The van der Waals surface area contributed by atoms with E-state index in [0.717, 1.165) is 12.8 Å². The molecule has 1 heteroatoms. The maximum atomic E-state index is 11.8. The summed E-state index contributed by atoms with van der Waals surface area (Å²) in [5.41, 5.74) is 1.92. The van der Waals surface area contributed by atoms with Crippen molar-refractivity contribution >= 4 is 6.29 Å². The van der Waals surface area contributed by atoms with Crippen molar-refractivity contribution in [2.24, 2.45) is 22.2 Å². The summed E-state index contributed by atoms with van der Waals surface area (Å²) in [5.74, 6) is 0.483. The fourth-order valence-electron chi connectivity index (χ4n) is 5.29.